The van der Waals surface area contributed by atoms with E-state index in [0.717, 1.165) is 28.8 Å². The number of thiocarbonyl (C=S) groups is 1. The molecule has 0 aliphatic carbocycles. The molecule has 2 N–H and O–H groups in total. The fourth-order valence-corrected chi connectivity index (χ4v) is 4.05. The van der Waals surface area contributed by atoms with Gasteiger partial charge < -0.3 is 10.1 Å². The van der Waals surface area contributed by atoms with Crippen molar-refractivity contribution in [2.45, 2.75) is 52.6 Å². The summed E-state index contributed by atoms with van der Waals surface area (Å²) in [7, 11) is 0. The first-order chi connectivity index (χ1) is 14.5. The van der Waals surface area contributed by atoms with Gasteiger partial charge in [0.05, 0.1) is 16.3 Å². The lowest BCUT2D eigenvalue weighted by atomic mass is 10.1. The van der Waals surface area contributed by atoms with Gasteiger partial charge in [0.25, 0.3) is 5.91 Å². The van der Waals surface area contributed by atoms with E-state index in [9.17, 15) is 4.79 Å². The molecule has 3 rings (SSSR count). The number of nitrogens with zero attached hydrogens (tertiary/aromatic N) is 1. The first-order valence-electron chi connectivity index (χ1n) is 10.3. The normalized spacial score (nSPS) is 11.8. The van der Waals surface area contributed by atoms with E-state index in [0.29, 0.717) is 10.7 Å². The molecular formula is C23H27N3O2S2. The molecule has 0 saturated carbocycles. The van der Waals surface area contributed by atoms with Gasteiger partial charge in [-0.3, -0.25) is 10.1 Å². The summed E-state index contributed by atoms with van der Waals surface area (Å²) in [5, 5.41) is 6.62. The van der Waals surface area contributed by atoms with Crippen molar-refractivity contribution >= 4 is 49.9 Å². The van der Waals surface area contributed by atoms with Gasteiger partial charge in [-0.25, -0.2) is 4.98 Å². The monoisotopic (exact) mass is 441 g/mol. The number of fused-ring (bicyclic) bond motifs is 1. The molecule has 1 aromatic heterocycles. The van der Waals surface area contributed by atoms with Crippen molar-refractivity contribution in [2.75, 3.05) is 5.32 Å². The fourth-order valence-electron chi connectivity index (χ4n) is 2.86. The molecule has 2 aromatic carbocycles. The number of thiazole rings is 1. The first kappa shape index (κ1) is 22.2. The Labute approximate surface area is 186 Å². The van der Waals surface area contributed by atoms with Gasteiger partial charge in [0, 0.05) is 5.56 Å². The molecule has 0 aliphatic rings. The number of hydrogen-bond donors (Lipinski definition) is 2. The lowest BCUT2D eigenvalue weighted by Crippen LogP contribution is -2.34. The zero-order valence-electron chi connectivity index (χ0n) is 17.5. The van der Waals surface area contributed by atoms with E-state index in [1.807, 2.05) is 13.0 Å². The van der Waals surface area contributed by atoms with Crippen LogP contribution >= 0.6 is 23.6 Å². The van der Waals surface area contributed by atoms with Crippen LogP contribution in [-0.2, 0) is 6.42 Å². The molecular weight excluding hydrogens is 414 g/mol. The van der Waals surface area contributed by atoms with Crippen LogP contribution in [0.1, 0.15) is 56.0 Å². The molecule has 3 aromatic rings. The molecule has 0 spiro atoms. The van der Waals surface area contributed by atoms with E-state index in [1.165, 1.54) is 29.7 Å². The van der Waals surface area contributed by atoms with E-state index in [-0.39, 0.29) is 17.1 Å². The standard InChI is InChI=1S/C23H27N3O2S2/c1-4-6-7-16-8-13-19-20(14-16)30-23(24-19)26-22(29)25-21(27)17-9-11-18(12-10-17)28-15(3)5-2/h8-15H,4-7H2,1-3H3,(H2,24,25,26,27,29). The summed E-state index contributed by atoms with van der Waals surface area (Å²) < 4.78 is 6.85. The number of carbonyl (C=O) groups is 1. The average Bonchev–Trinajstić information content (AvgIpc) is 3.13. The number of amides is 1. The van der Waals surface area contributed by atoms with Crippen LogP contribution in [0.15, 0.2) is 42.5 Å². The van der Waals surface area contributed by atoms with Crippen LogP contribution in [0.5, 0.6) is 5.75 Å². The Morgan fingerprint density at radius 3 is 2.67 bits per heavy atom. The van der Waals surface area contributed by atoms with Crippen molar-refractivity contribution in [3.63, 3.8) is 0 Å². The summed E-state index contributed by atoms with van der Waals surface area (Å²) in [5.74, 6) is 0.472. The van der Waals surface area contributed by atoms with E-state index in [2.05, 4.69) is 41.6 Å². The number of benzene rings is 2. The summed E-state index contributed by atoms with van der Waals surface area (Å²) in [6.07, 6.45) is 4.49. The molecule has 1 atom stereocenters. The van der Waals surface area contributed by atoms with Gasteiger partial charge in [-0.1, -0.05) is 37.7 Å². The number of carbonyl (C=O) groups excluding carboxylic acids is 1. The van der Waals surface area contributed by atoms with Crippen molar-refractivity contribution in [2.24, 2.45) is 0 Å². The van der Waals surface area contributed by atoms with E-state index in [1.54, 1.807) is 24.3 Å². The highest BCUT2D eigenvalue weighted by Gasteiger charge is 2.11. The number of unbranched alkanes of at least 4 members (excludes halogenated alkanes) is 1. The Balaban J connectivity index is 1.58. The predicted molar refractivity (Wildman–Crippen MR) is 129 cm³/mol. The number of aromatic nitrogens is 1. The topological polar surface area (TPSA) is 63.2 Å². The Morgan fingerprint density at radius 1 is 1.20 bits per heavy atom. The van der Waals surface area contributed by atoms with Crippen LogP contribution in [0.2, 0.25) is 0 Å². The SMILES string of the molecule is CCCCc1ccc2nc(NC(=S)NC(=O)c3ccc(OC(C)CC)cc3)sc2c1. The van der Waals surface area contributed by atoms with E-state index in [4.69, 9.17) is 17.0 Å². The third-order valence-electron chi connectivity index (χ3n) is 4.75. The number of nitrogens with one attached hydrogen (secondary N) is 2. The van der Waals surface area contributed by atoms with Gasteiger partial charge in [-0.2, -0.15) is 0 Å². The van der Waals surface area contributed by atoms with Gasteiger partial charge in [0.15, 0.2) is 10.2 Å². The van der Waals surface area contributed by atoms with Crippen LogP contribution in [0.3, 0.4) is 0 Å². The van der Waals surface area contributed by atoms with Gasteiger partial charge in [-0.05, 0) is 80.4 Å². The molecule has 158 valence electrons. The summed E-state index contributed by atoms with van der Waals surface area (Å²) in [6.45, 7) is 6.27. The summed E-state index contributed by atoms with van der Waals surface area (Å²) in [6, 6.07) is 13.4. The molecule has 1 unspecified atom stereocenters. The summed E-state index contributed by atoms with van der Waals surface area (Å²) in [4.78, 5) is 17.0. The second kappa shape index (κ2) is 10.5. The van der Waals surface area contributed by atoms with Gasteiger partial charge >= 0.3 is 0 Å². The minimum absolute atomic E-state index is 0.137. The molecule has 0 saturated heterocycles. The second-order valence-electron chi connectivity index (χ2n) is 7.19. The number of aryl methyl sites for hydroxylation is 1. The minimum atomic E-state index is -0.273. The highest BCUT2D eigenvalue weighted by molar-refractivity contribution is 7.80. The molecule has 30 heavy (non-hydrogen) atoms. The van der Waals surface area contributed by atoms with Crippen molar-refractivity contribution in [1.82, 2.24) is 10.3 Å². The van der Waals surface area contributed by atoms with Crippen LogP contribution < -0.4 is 15.4 Å². The Bertz CT molecular complexity index is 1010. The van der Waals surface area contributed by atoms with Crippen LogP contribution in [0, 0.1) is 0 Å². The van der Waals surface area contributed by atoms with Crippen molar-refractivity contribution < 1.29 is 9.53 Å². The maximum absolute atomic E-state index is 12.5. The largest absolute Gasteiger partial charge is 0.491 e. The average molecular weight is 442 g/mol. The van der Waals surface area contributed by atoms with Crippen molar-refractivity contribution in [3.05, 3.63) is 53.6 Å². The lowest BCUT2D eigenvalue weighted by Gasteiger charge is -2.13. The third kappa shape index (κ3) is 6.00. The number of rotatable bonds is 8. The lowest BCUT2D eigenvalue weighted by molar-refractivity contribution is 0.0977. The van der Waals surface area contributed by atoms with Crippen molar-refractivity contribution in [3.8, 4) is 5.75 Å². The molecule has 7 heteroatoms. The van der Waals surface area contributed by atoms with E-state index < -0.39 is 0 Å². The molecule has 5 nitrogen and oxygen atoms in total. The minimum Gasteiger partial charge on any atom is -0.491 e. The number of ether oxygens (including phenoxy) is 1. The zero-order chi connectivity index (χ0) is 21.5. The maximum Gasteiger partial charge on any atom is 0.257 e. The van der Waals surface area contributed by atoms with E-state index >= 15 is 0 Å². The second-order valence-corrected chi connectivity index (χ2v) is 8.63. The molecule has 1 amide bonds. The quantitative estimate of drug-likeness (QED) is 0.423. The highest BCUT2D eigenvalue weighted by atomic mass is 32.1. The van der Waals surface area contributed by atoms with Gasteiger partial charge in [0.2, 0.25) is 0 Å². The summed E-state index contributed by atoms with van der Waals surface area (Å²) >= 11 is 6.83. The zero-order valence-corrected chi connectivity index (χ0v) is 19.2. The van der Waals surface area contributed by atoms with Crippen LogP contribution in [-0.4, -0.2) is 22.1 Å². The first-order valence-corrected chi connectivity index (χ1v) is 11.5. The highest BCUT2D eigenvalue weighted by Crippen LogP contribution is 2.27. The van der Waals surface area contributed by atoms with Crippen molar-refractivity contribution in [1.29, 1.82) is 0 Å². The summed E-state index contributed by atoms with van der Waals surface area (Å²) in [5.41, 5.74) is 2.76. The molecule has 1 heterocycles. The van der Waals surface area contributed by atoms with Gasteiger partial charge in [0.1, 0.15) is 5.75 Å². The molecule has 0 fully saturated rings. The van der Waals surface area contributed by atoms with Gasteiger partial charge in [-0.15, -0.1) is 0 Å². The Hall–Kier alpha value is -2.51. The predicted octanol–water partition coefficient (Wildman–Crippen LogP) is 5.94. The Morgan fingerprint density at radius 2 is 1.97 bits per heavy atom. The molecule has 0 aliphatic heterocycles. The smallest absolute Gasteiger partial charge is 0.257 e. The van der Waals surface area contributed by atoms with Crippen LogP contribution in [0.25, 0.3) is 10.2 Å². The van der Waals surface area contributed by atoms with Crippen LogP contribution in [0.4, 0.5) is 5.13 Å². The maximum atomic E-state index is 12.5. The molecule has 0 bridgehead atoms. The third-order valence-corrected chi connectivity index (χ3v) is 5.89. The number of anilines is 1. The number of hydrogen-bond acceptors (Lipinski definition) is 5. The fraction of sp³-hybridized carbons (Fsp3) is 0.348. The molecule has 0 radical (unpaired) electrons. The Kier molecular flexibility index (Phi) is 7.76.